The summed E-state index contributed by atoms with van der Waals surface area (Å²) in [5.41, 5.74) is -0.0215. The summed E-state index contributed by atoms with van der Waals surface area (Å²) in [7, 11) is 0. The Bertz CT molecular complexity index is 138. The minimum Gasteiger partial charge on any atom is -0.394 e. The Labute approximate surface area is 61.6 Å². The standard InChI is InChI=1S/C8H13NO/c1-2-6-9-8(7-10)4-3-5-8/h1,9-10H,3-7H2. The molecule has 56 valence electrons. The minimum atomic E-state index is -0.0215. The van der Waals surface area contributed by atoms with E-state index in [-0.39, 0.29) is 12.1 Å². The van der Waals surface area contributed by atoms with Crippen LogP contribution in [0, 0.1) is 12.3 Å². The van der Waals surface area contributed by atoms with E-state index in [2.05, 4.69) is 11.2 Å². The lowest BCUT2D eigenvalue weighted by molar-refractivity contribution is 0.0931. The first kappa shape index (κ1) is 7.59. The predicted octanol–water partition coefficient (Wildman–Crippen LogP) is 0.124. The Morgan fingerprint density at radius 3 is 2.60 bits per heavy atom. The average Bonchev–Trinajstić information content (AvgIpc) is 1.87. The van der Waals surface area contributed by atoms with E-state index in [4.69, 9.17) is 11.5 Å². The average molecular weight is 139 g/mol. The lowest BCUT2D eigenvalue weighted by Gasteiger charge is -2.40. The third kappa shape index (κ3) is 1.31. The quantitative estimate of drug-likeness (QED) is 0.544. The van der Waals surface area contributed by atoms with Gasteiger partial charge in [0.05, 0.1) is 13.2 Å². The van der Waals surface area contributed by atoms with Crippen LogP contribution in [0.2, 0.25) is 0 Å². The number of hydrogen-bond donors (Lipinski definition) is 2. The van der Waals surface area contributed by atoms with Crippen LogP contribution in [-0.4, -0.2) is 23.8 Å². The molecule has 0 radical (unpaired) electrons. The highest BCUT2D eigenvalue weighted by atomic mass is 16.3. The van der Waals surface area contributed by atoms with Gasteiger partial charge in [-0.05, 0) is 19.3 Å². The Kier molecular flexibility index (Phi) is 2.31. The Morgan fingerprint density at radius 2 is 2.30 bits per heavy atom. The largest absolute Gasteiger partial charge is 0.394 e. The van der Waals surface area contributed by atoms with Crippen molar-refractivity contribution in [3.8, 4) is 12.3 Å². The Balaban J connectivity index is 2.28. The highest BCUT2D eigenvalue weighted by molar-refractivity contribution is 4.99. The summed E-state index contributed by atoms with van der Waals surface area (Å²) in [6, 6.07) is 0. The van der Waals surface area contributed by atoms with Crippen LogP contribution in [0.3, 0.4) is 0 Å². The van der Waals surface area contributed by atoms with Crippen molar-refractivity contribution in [2.24, 2.45) is 0 Å². The highest BCUT2D eigenvalue weighted by Gasteiger charge is 2.35. The monoisotopic (exact) mass is 139 g/mol. The third-order valence-electron chi connectivity index (χ3n) is 2.18. The fourth-order valence-electron chi connectivity index (χ4n) is 1.23. The summed E-state index contributed by atoms with van der Waals surface area (Å²) >= 11 is 0. The lowest BCUT2D eigenvalue weighted by Crippen LogP contribution is -2.53. The van der Waals surface area contributed by atoms with E-state index in [1.54, 1.807) is 0 Å². The predicted molar refractivity (Wildman–Crippen MR) is 40.5 cm³/mol. The maximum Gasteiger partial charge on any atom is 0.0613 e. The van der Waals surface area contributed by atoms with Gasteiger partial charge in [0.15, 0.2) is 0 Å². The van der Waals surface area contributed by atoms with Gasteiger partial charge in [-0.1, -0.05) is 5.92 Å². The zero-order chi connectivity index (χ0) is 7.45. The molecule has 0 aromatic carbocycles. The van der Waals surface area contributed by atoms with Crippen molar-refractivity contribution in [3.05, 3.63) is 0 Å². The van der Waals surface area contributed by atoms with Gasteiger partial charge in [-0.3, -0.25) is 5.32 Å². The fraction of sp³-hybridized carbons (Fsp3) is 0.750. The van der Waals surface area contributed by atoms with Gasteiger partial charge in [0, 0.05) is 5.54 Å². The topological polar surface area (TPSA) is 32.3 Å². The zero-order valence-electron chi connectivity index (χ0n) is 6.06. The molecule has 0 aromatic rings. The first-order chi connectivity index (χ1) is 4.83. The molecule has 1 rings (SSSR count). The Morgan fingerprint density at radius 1 is 1.60 bits per heavy atom. The molecule has 0 unspecified atom stereocenters. The molecular weight excluding hydrogens is 126 g/mol. The number of rotatable bonds is 3. The molecular formula is C8H13NO. The van der Waals surface area contributed by atoms with Crippen LogP contribution in [0.25, 0.3) is 0 Å². The highest BCUT2D eigenvalue weighted by Crippen LogP contribution is 2.30. The van der Waals surface area contributed by atoms with Gasteiger partial charge in [0.1, 0.15) is 0 Å². The van der Waals surface area contributed by atoms with Crippen LogP contribution < -0.4 is 5.32 Å². The number of nitrogens with one attached hydrogen (secondary N) is 1. The normalized spacial score (nSPS) is 21.2. The van der Waals surface area contributed by atoms with Gasteiger partial charge < -0.3 is 5.11 Å². The number of hydrogen-bond acceptors (Lipinski definition) is 2. The van der Waals surface area contributed by atoms with Gasteiger partial charge in [-0.15, -0.1) is 6.42 Å². The molecule has 2 nitrogen and oxygen atoms in total. The molecule has 0 amide bonds. The maximum atomic E-state index is 8.93. The molecule has 2 heteroatoms. The molecule has 1 aliphatic rings. The van der Waals surface area contributed by atoms with E-state index >= 15 is 0 Å². The van der Waals surface area contributed by atoms with Gasteiger partial charge in [-0.25, -0.2) is 0 Å². The maximum absolute atomic E-state index is 8.93. The van der Waals surface area contributed by atoms with Crippen LogP contribution in [0.4, 0.5) is 0 Å². The van der Waals surface area contributed by atoms with Crippen LogP contribution in [0.15, 0.2) is 0 Å². The van der Waals surface area contributed by atoms with E-state index < -0.39 is 0 Å². The molecule has 2 N–H and O–H groups in total. The lowest BCUT2D eigenvalue weighted by atomic mass is 9.77. The summed E-state index contributed by atoms with van der Waals surface area (Å²) in [6.45, 7) is 0.787. The smallest absolute Gasteiger partial charge is 0.0613 e. The van der Waals surface area contributed by atoms with Gasteiger partial charge >= 0.3 is 0 Å². The second-order valence-corrected chi connectivity index (χ2v) is 2.85. The van der Waals surface area contributed by atoms with Crippen molar-refractivity contribution >= 4 is 0 Å². The summed E-state index contributed by atoms with van der Waals surface area (Å²) in [4.78, 5) is 0. The van der Waals surface area contributed by atoms with Crippen LogP contribution in [-0.2, 0) is 0 Å². The van der Waals surface area contributed by atoms with Gasteiger partial charge in [0.25, 0.3) is 0 Å². The number of aliphatic hydroxyl groups excluding tert-OH is 1. The fourth-order valence-corrected chi connectivity index (χ4v) is 1.23. The van der Waals surface area contributed by atoms with Crippen molar-refractivity contribution in [2.75, 3.05) is 13.2 Å². The van der Waals surface area contributed by atoms with Gasteiger partial charge in [0.2, 0.25) is 0 Å². The molecule has 0 atom stereocenters. The molecule has 0 bridgehead atoms. The molecule has 10 heavy (non-hydrogen) atoms. The molecule has 1 aliphatic carbocycles. The van der Waals surface area contributed by atoms with Crippen molar-refractivity contribution < 1.29 is 5.11 Å². The molecule has 0 aromatic heterocycles. The van der Waals surface area contributed by atoms with E-state index in [1.807, 2.05) is 0 Å². The first-order valence-electron chi connectivity index (χ1n) is 3.62. The first-order valence-corrected chi connectivity index (χ1v) is 3.62. The number of aliphatic hydroxyl groups is 1. The molecule has 1 fully saturated rings. The van der Waals surface area contributed by atoms with Crippen LogP contribution in [0.1, 0.15) is 19.3 Å². The van der Waals surface area contributed by atoms with Crippen molar-refractivity contribution in [1.82, 2.24) is 5.32 Å². The van der Waals surface area contributed by atoms with Gasteiger partial charge in [-0.2, -0.15) is 0 Å². The molecule has 0 heterocycles. The zero-order valence-corrected chi connectivity index (χ0v) is 6.06. The second kappa shape index (κ2) is 3.05. The van der Waals surface area contributed by atoms with Crippen molar-refractivity contribution in [1.29, 1.82) is 0 Å². The van der Waals surface area contributed by atoms with Crippen molar-refractivity contribution in [2.45, 2.75) is 24.8 Å². The summed E-state index contributed by atoms with van der Waals surface area (Å²) in [6.07, 6.45) is 8.40. The van der Waals surface area contributed by atoms with Crippen LogP contribution >= 0.6 is 0 Å². The van der Waals surface area contributed by atoms with E-state index in [9.17, 15) is 0 Å². The Hall–Kier alpha value is -0.520. The van der Waals surface area contributed by atoms with E-state index in [0.717, 1.165) is 12.8 Å². The van der Waals surface area contributed by atoms with E-state index in [0.29, 0.717) is 6.54 Å². The SMILES string of the molecule is C#CCNC1(CO)CCC1. The molecule has 0 spiro atoms. The van der Waals surface area contributed by atoms with Crippen LogP contribution in [0.5, 0.6) is 0 Å². The minimum absolute atomic E-state index is 0.0215. The third-order valence-corrected chi connectivity index (χ3v) is 2.18. The summed E-state index contributed by atoms with van der Waals surface area (Å²) in [5.74, 6) is 2.50. The molecule has 1 saturated carbocycles. The van der Waals surface area contributed by atoms with E-state index in [1.165, 1.54) is 6.42 Å². The molecule has 0 aliphatic heterocycles. The summed E-state index contributed by atoms with van der Waals surface area (Å²) < 4.78 is 0. The van der Waals surface area contributed by atoms with Crippen molar-refractivity contribution in [3.63, 3.8) is 0 Å². The number of terminal acetylenes is 1. The molecule has 0 saturated heterocycles. The second-order valence-electron chi connectivity index (χ2n) is 2.85. The summed E-state index contributed by atoms with van der Waals surface area (Å²) in [5, 5.41) is 12.1.